The van der Waals surface area contributed by atoms with Crippen LogP contribution in [0.4, 0.5) is 0 Å². The van der Waals surface area contributed by atoms with Crippen molar-refractivity contribution in [2.75, 3.05) is 0 Å². The molecular formula is C13H13IN2O. The van der Waals surface area contributed by atoms with Gasteiger partial charge in [0.15, 0.2) is 5.78 Å². The molecule has 0 saturated heterocycles. The van der Waals surface area contributed by atoms with Gasteiger partial charge in [-0.2, -0.15) is 0 Å². The molecule has 0 spiro atoms. The standard InChI is InChI=1S/C13H13IN2O/c1-9-10(2)16(8-15-9)7-13(17)11-3-5-12(14)6-4-11/h3-6,8H,7H2,1-2H3. The third-order valence-corrected chi connectivity index (χ3v) is 3.54. The molecule has 0 saturated carbocycles. The number of hydrogen-bond acceptors (Lipinski definition) is 2. The average Bonchev–Trinajstić information content (AvgIpc) is 2.62. The fourth-order valence-electron chi connectivity index (χ4n) is 1.59. The van der Waals surface area contributed by atoms with Crippen LogP contribution in [0.25, 0.3) is 0 Å². The first-order valence-corrected chi connectivity index (χ1v) is 6.43. The molecule has 1 aromatic heterocycles. The van der Waals surface area contributed by atoms with Crippen molar-refractivity contribution >= 4 is 28.4 Å². The molecule has 88 valence electrons. The Labute approximate surface area is 114 Å². The Morgan fingerprint density at radius 2 is 1.94 bits per heavy atom. The zero-order valence-electron chi connectivity index (χ0n) is 9.77. The third kappa shape index (κ3) is 2.74. The minimum atomic E-state index is 0.113. The van der Waals surface area contributed by atoms with Crippen molar-refractivity contribution in [1.29, 1.82) is 0 Å². The van der Waals surface area contributed by atoms with Crippen LogP contribution in [0, 0.1) is 17.4 Å². The molecular weight excluding hydrogens is 327 g/mol. The van der Waals surface area contributed by atoms with Crippen LogP contribution in [0.1, 0.15) is 21.7 Å². The Hall–Kier alpha value is -1.17. The number of carbonyl (C=O) groups is 1. The molecule has 17 heavy (non-hydrogen) atoms. The number of Topliss-reactive ketones (excluding diaryl/α,β-unsaturated/α-hetero) is 1. The molecule has 3 nitrogen and oxygen atoms in total. The molecule has 0 bridgehead atoms. The smallest absolute Gasteiger partial charge is 0.182 e. The summed E-state index contributed by atoms with van der Waals surface area (Å²) in [5.74, 6) is 0.113. The van der Waals surface area contributed by atoms with Gasteiger partial charge in [-0.05, 0) is 48.6 Å². The van der Waals surface area contributed by atoms with Gasteiger partial charge in [-0.15, -0.1) is 0 Å². The molecule has 2 aromatic rings. The Morgan fingerprint density at radius 3 is 2.47 bits per heavy atom. The lowest BCUT2D eigenvalue weighted by molar-refractivity contribution is 0.0971. The highest BCUT2D eigenvalue weighted by Crippen LogP contribution is 2.10. The van der Waals surface area contributed by atoms with Gasteiger partial charge in [-0.25, -0.2) is 4.98 Å². The normalized spacial score (nSPS) is 10.5. The van der Waals surface area contributed by atoms with Crippen molar-refractivity contribution < 1.29 is 4.79 Å². The van der Waals surface area contributed by atoms with Crippen molar-refractivity contribution in [1.82, 2.24) is 9.55 Å². The van der Waals surface area contributed by atoms with Crippen LogP contribution < -0.4 is 0 Å². The van der Waals surface area contributed by atoms with E-state index in [1.54, 1.807) is 6.33 Å². The molecule has 0 radical (unpaired) electrons. The van der Waals surface area contributed by atoms with E-state index in [1.165, 1.54) is 0 Å². The van der Waals surface area contributed by atoms with Crippen LogP contribution in [0.3, 0.4) is 0 Å². The van der Waals surface area contributed by atoms with E-state index in [0.29, 0.717) is 6.54 Å². The van der Waals surface area contributed by atoms with E-state index in [4.69, 9.17) is 0 Å². The number of carbonyl (C=O) groups excluding carboxylic acids is 1. The predicted molar refractivity (Wildman–Crippen MR) is 75.2 cm³/mol. The number of aryl methyl sites for hydroxylation is 1. The summed E-state index contributed by atoms with van der Waals surface area (Å²) in [5.41, 5.74) is 2.76. The van der Waals surface area contributed by atoms with Crippen molar-refractivity contribution in [2.45, 2.75) is 20.4 Å². The molecule has 0 aliphatic carbocycles. The van der Waals surface area contributed by atoms with Crippen molar-refractivity contribution in [2.24, 2.45) is 0 Å². The largest absolute Gasteiger partial charge is 0.327 e. The lowest BCUT2D eigenvalue weighted by Crippen LogP contribution is -2.10. The zero-order chi connectivity index (χ0) is 12.4. The van der Waals surface area contributed by atoms with E-state index < -0.39 is 0 Å². The van der Waals surface area contributed by atoms with Crippen LogP contribution in [0.15, 0.2) is 30.6 Å². The number of ketones is 1. The summed E-state index contributed by atoms with van der Waals surface area (Å²) in [5, 5.41) is 0. The summed E-state index contributed by atoms with van der Waals surface area (Å²) in [7, 11) is 0. The molecule has 0 aliphatic rings. The first-order chi connectivity index (χ1) is 8.08. The first-order valence-electron chi connectivity index (χ1n) is 5.35. The number of hydrogen-bond donors (Lipinski definition) is 0. The maximum atomic E-state index is 12.0. The van der Waals surface area contributed by atoms with E-state index in [1.807, 2.05) is 42.7 Å². The molecule has 4 heteroatoms. The summed E-state index contributed by atoms with van der Waals surface area (Å²) in [6.07, 6.45) is 1.72. The summed E-state index contributed by atoms with van der Waals surface area (Å²) >= 11 is 2.23. The molecule has 1 heterocycles. The number of imidazole rings is 1. The third-order valence-electron chi connectivity index (χ3n) is 2.83. The number of nitrogens with zero attached hydrogens (tertiary/aromatic N) is 2. The van der Waals surface area contributed by atoms with E-state index in [9.17, 15) is 4.79 Å². The Kier molecular flexibility index (Phi) is 3.61. The second-order valence-corrected chi connectivity index (χ2v) is 5.22. The summed E-state index contributed by atoms with van der Waals surface area (Å²) < 4.78 is 3.02. The van der Waals surface area contributed by atoms with Gasteiger partial charge in [0.2, 0.25) is 0 Å². The van der Waals surface area contributed by atoms with E-state index in [-0.39, 0.29) is 5.78 Å². The van der Waals surface area contributed by atoms with Crippen LogP contribution in [-0.4, -0.2) is 15.3 Å². The summed E-state index contributed by atoms with van der Waals surface area (Å²) in [6.45, 7) is 4.28. The summed E-state index contributed by atoms with van der Waals surface area (Å²) in [4.78, 5) is 16.2. The van der Waals surface area contributed by atoms with Crippen molar-refractivity contribution in [3.8, 4) is 0 Å². The van der Waals surface area contributed by atoms with Crippen molar-refractivity contribution in [3.05, 3.63) is 51.1 Å². The van der Waals surface area contributed by atoms with Gasteiger partial charge in [0.05, 0.1) is 18.6 Å². The van der Waals surface area contributed by atoms with Gasteiger partial charge < -0.3 is 4.57 Å². The van der Waals surface area contributed by atoms with Crippen LogP contribution in [0.5, 0.6) is 0 Å². The lowest BCUT2D eigenvalue weighted by Gasteiger charge is -2.05. The zero-order valence-corrected chi connectivity index (χ0v) is 11.9. The highest BCUT2D eigenvalue weighted by molar-refractivity contribution is 14.1. The molecule has 0 unspecified atom stereocenters. The van der Waals surface area contributed by atoms with E-state index >= 15 is 0 Å². The number of benzene rings is 1. The number of halogens is 1. The fourth-order valence-corrected chi connectivity index (χ4v) is 1.94. The fraction of sp³-hybridized carbons (Fsp3) is 0.231. The highest BCUT2D eigenvalue weighted by Gasteiger charge is 2.09. The Balaban J connectivity index is 2.17. The van der Waals surface area contributed by atoms with Gasteiger partial charge in [0.1, 0.15) is 0 Å². The number of aromatic nitrogens is 2. The predicted octanol–water partition coefficient (Wildman–Crippen LogP) is 2.99. The van der Waals surface area contributed by atoms with Gasteiger partial charge >= 0.3 is 0 Å². The van der Waals surface area contributed by atoms with E-state index in [0.717, 1.165) is 20.5 Å². The molecule has 0 aliphatic heterocycles. The quantitative estimate of drug-likeness (QED) is 0.636. The average molecular weight is 340 g/mol. The topological polar surface area (TPSA) is 34.9 Å². The van der Waals surface area contributed by atoms with Crippen LogP contribution >= 0.6 is 22.6 Å². The van der Waals surface area contributed by atoms with Gasteiger partial charge in [-0.3, -0.25) is 4.79 Å². The molecule has 1 aromatic carbocycles. The highest BCUT2D eigenvalue weighted by atomic mass is 127. The molecule has 0 fully saturated rings. The molecule has 0 N–H and O–H groups in total. The van der Waals surface area contributed by atoms with Gasteiger partial charge in [-0.1, -0.05) is 12.1 Å². The monoisotopic (exact) mass is 340 g/mol. The molecule has 0 amide bonds. The Bertz CT molecular complexity index is 543. The second-order valence-electron chi connectivity index (χ2n) is 3.97. The van der Waals surface area contributed by atoms with Crippen molar-refractivity contribution in [3.63, 3.8) is 0 Å². The van der Waals surface area contributed by atoms with Crippen LogP contribution in [-0.2, 0) is 6.54 Å². The Morgan fingerprint density at radius 1 is 1.29 bits per heavy atom. The number of rotatable bonds is 3. The maximum absolute atomic E-state index is 12.0. The first kappa shape index (κ1) is 12.3. The van der Waals surface area contributed by atoms with Gasteiger partial charge in [0.25, 0.3) is 0 Å². The minimum Gasteiger partial charge on any atom is -0.327 e. The SMILES string of the molecule is Cc1ncn(CC(=O)c2ccc(I)cc2)c1C. The van der Waals surface area contributed by atoms with Crippen LogP contribution in [0.2, 0.25) is 0 Å². The van der Waals surface area contributed by atoms with Gasteiger partial charge in [0, 0.05) is 14.8 Å². The maximum Gasteiger partial charge on any atom is 0.182 e. The van der Waals surface area contributed by atoms with E-state index in [2.05, 4.69) is 27.6 Å². The summed E-state index contributed by atoms with van der Waals surface area (Å²) in [6, 6.07) is 7.62. The second kappa shape index (κ2) is 5.00. The molecule has 2 rings (SSSR count). The minimum absolute atomic E-state index is 0.113. The lowest BCUT2D eigenvalue weighted by atomic mass is 10.1. The molecule has 0 atom stereocenters.